The van der Waals surface area contributed by atoms with Crippen LogP contribution in [0.2, 0.25) is 0 Å². The highest BCUT2D eigenvalue weighted by Gasteiger charge is 2.51. The van der Waals surface area contributed by atoms with Crippen LogP contribution < -0.4 is 10.1 Å². The molecular formula is C28H37N3O6S. The largest absolute Gasteiger partial charge is 0.480 e. The standard InChI is InChI=1S/C28H37N3O6S/c1-19-12-25(26(35-2)29-15-19)38(33,34)27-24-14-23(13-22(24)16-30-27)31(17-20-6-4-3-5-7-20)28(32)37-18-21-8-10-36-11-9-21/h3-7,12,15,21-24,27,30H,8-11,13-14,16-18H2,1-2H3/t22-,23+,24+,27+/m1/s1. The van der Waals surface area contributed by atoms with E-state index in [2.05, 4.69) is 10.3 Å². The number of hydrogen-bond acceptors (Lipinski definition) is 8. The van der Waals surface area contributed by atoms with Gasteiger partial charge in [-0.3, -0.25) is 0 Å². The lowest BCUT2D eigenvalue weighted by Gasteiger charge is -2.31. The summed E-state index contributed by atoms with van der Waals surface area (Å²) in [4.78, 5) is 19.5. The number of amides is 1. The molecular weight excluding hydrogens is 506 g/mol. The molecule has 0 spiro atoms. The molecule has 206 valence electrons. The Labute approximate surface area is 224 Å². The van der Waals surface area contributed by atoms with Gasteiger partial charge < -0.3 is 24.4 Å². The van der Waals surface area contributed by atoms with Crippen LogP contribution in [0.3, 0.4) is 0 Å². The van der Waals surface area contributed by atoms with E-state index < -0.39 is 15.2 Å². The third kappa shape index (κ3) is 5.67. The molecule has 3 heterocycles. The van der Waals surface area contributed by atoms with Crippen LogP contribution in [0.4, 0.5) is 4.79 Å². The second kappa shape index (κ2) is 11.6. The second-order valence-electron chi connectivity index (χ2n) is 10.7. The van der Waals surface area contributed by atoms with Gasteiger partial charge in [0, 0.05) is 32.0 Å². The number of aromatic nitrogens is 1. The van der Waals surface area contributed by atoms with Crippen molar-refractivity contribution in [1.29, 1.82) is 0 Å². The predicted molar refractivity (Wildman–Crippen MR) is 141 cm³/mol. The smallest absolute Gasteiger partial charge is 0.410 e. The Balaban J connectivity index is 1.34. The van der Waals surface area contributed by atoms with E-state index in [4.69, 9.17) is 14.2 Å². The fraction of sp³-hybridized carbons (Fsp3) is 0.571. The Morgan fingerprint density at radius 2 is 1.95 bits per heavy atom. The molecule has 9 nitrogen and oxygen atoms in total. The van der Waals surface area contributed by atoms with Gasteiger partial charge in [-0.2, -0.15) is 0 Å². The molecule has 38 heavy (non-hydrogen) atoms. The van der Waals surface area contributed by atoms with Crippen LogP contribution in [-0.4, -0.2) is 69.3 Å². The molecule has 4 atom stereocenters. The number of ether oxygens (including phenoxy) is 3. The molecule has 1 aromatic heterocycles. The van der Waals surface area contributed by atoms with Crippen LogP contribution in [0.5, 0.6) is 5.88 Å². The maximum Gasteiger partial charge on any atom is 0.410 e. The first-order valence-corrected chi connectivity index (χ1v) is 14.9. The lowest BCUT2D eigenvalue weighted by Crippen LogP contribution is -2.42. The average Bonchev–Trinajstić information content (AvgIpc) is 3.53. The van der Waals surface area contributed by atoms with Crippen molar-refractivity contribution in [1.82, 2.24) is 15.2 Å². The van der Waals surface area contributed by atoms with Crippen LogP contribution in [0, 0.1) is 24.7 Å². The number of benzene rings is 1. The number of hydrogen-bond donors (Lipinski definition) is 1. The number of rotatable bonds is 8. The van der Waals surface area contributed by atoms with Crippen molar-refractivity contribution in [3.05, 3.63) is 53.7 Å². The van der Waals surface area contributed by atoms with Crippen molar-refractivity contribution in [3.63, 3.8) is 0 Å². The number of carbonyl (C=O) groups is 1. The molecule has 1 aromatic carbocycles. The van der Waals surface area contributed by atoms with Gasteiger partial charge in [0.15, 0.2) is 9.84 Å². The predicted octanol–water partition coefficient (Wildman–Crippen LogP) is 3.56. The van der Waals surface area contributed by atoms with Gasteiger partial charge in [0.1, 0.15) is 10.3 Å². The average molecular weight is 544 g/mol. The van der Waals surface area contributed by atoms with Gasteiger partial charge in [0.25, 0.3) is 0 Å². The van der Waals surface area contributed by atoms with Crippen LogP contribution in [0.15, 0.2) is 47.5 Å². The van der Waals surface area contributed by atoms with Crippen molar-refractivity contribution in [3.8, 4) is 5.88 Å². The molecule has 0 bridgehead atoms. The summed E-state index contributed by atoms with van der Waals surface area (Å²) >= 11 is 0. The SMILES string of the molecule is COc1ncc(C)cc1S(=O)(=O)[C@@H]1NC[C@H]2C[C@H](N(Cc3ccccc3)C(=O)OCC3CCOCC3)C[C@@H]21. The fourth-order valence-corrected chi connectivity index (χ4v) is 8.19. The molecule has 2 aliphatic heterocycles. The highest BCUT2D eigenvalue weighted by atomic mass is 32.2. The van der Waals surface area contributed by atoms with Crippen LogP contribution in [-0.2, 0) is 25.9 Å². The summed E-state index contributed by atoms with van der Waals surface area (Å²) in [6, 6.07) is 11.4. The van der Waals surface area contributed by atoms with E-state index in [9.17, 15) is 13.2 Å². The Hall–Kier alpha value is -2.69. The monoisotopic (exact) mass is 543 g/mol. The summed E-state index contributed by atoms with van der Waals surface area (Å²) in [5, 5.41) is 2.50. The number of nitrogens with one attached hydrogen (secondary N) is 1. The third-order valence-electron chi connectivity index (χ3n) is 8.14. The zero-order valence-corrected chi connectivity index (χ0v) is 22.9. The number of nitrogens with zero attached hydrogens (tertiary/aromatic N) is 2. The summed E-state index contributed by atoms with van der Waals surface area (Å²) in [7, 11) is -2.33. The molecule has 2 saturated heterocycles. The van der Waals surface area contributed by atoms with E-state index in [1.807, 2.05) is 42.2 Å². The number of methoxy groups -OCH3 is 1. The fourth-order valence-electron chi connectivity index (χ4n) is 6.08. The molecule has 1 aliphatic carbocycles. The molecule has 1 saturated carbocycles. The first-order chi connectivity index (χ1) is 18.4. The van der Waals surface area contributed by atoms with Gasteiger partial charge in [0.2, 0.25) is 5.88 Å². The van der Waals surface area contributed by atoms with Crippen molar-refractivity contribution in [2.75, 3.05) is 33.5 Å². The summed E-state index contributed by atoms with van der Waals surface area (Å²) in [6.45, 7) is 4.61. The molecule has 0 radical (unpaired) electrons. The van der Waals surface area contributed by atoms with Gasteiger partial charge in [-0.1, -0.05) is 30.3 Å². The Bertz CT molecular complexity index is 1220. The molecule has 3 fully saturated rings. The lowest BCUT2D eigenvalue weighted by atomic mass is 10.0. The minimum Gasteiger partial charge on any atom is -0.480 e. The minimum absolute atomic E-state index is 0.107. The molecule has 1 amide bonds. The second-order valence-corrected chi connectivity index (χ2v) is 12.7. The van der Waals surface area contributed by atoms with Crippen molar-refractivity contribution in [2.45, 2.75) is 55.5 Å². The van der Waals surface area contributed by atoms with Crippen molar-refractivity contribution < 1.29 is 27.4 Å². The van der Waals surface area contributed by atoms with Gasteiger partial charge in [-0.05, 0) is 74.1 Å². The van der Waals surface area contributed by atoms with E-state index in [0.29, 0.717) is 45.2 Å². The topological polar surface area (TPSA) is 107 Å². The minimum atomic E-state index is -3.76. The van der Waals surface area contributed by atoms with E-state index in [-0.39, 0.29) is 34.7 Å². The lowest BCUT2D eigenvalue weighted by molar-refractivity contribution is 0.0242. The zero-order valence-electron chi connectivity index (χ0n) is 22.0. The van der Waals surface area contributed by atoms with E-state index >= 15 is 0 Å². The highest BCUT2D eigenvalue weighted by molar-refractivity contribution is 7.92. The van der Waals surface area contributed by atoms with Crippen LogP contribution >= 0.6 is 0 Å². The number of aryl methyl sites for hydroxylation is 1. The Kier molecular flexibility index (Phi) is 8.20. The molecule has 1 N–H and O–H groups in total. The van der Waals surface area contributed by atoms with E-state index in [0.717, 1.165) is 30.4 Å². The van der Waals surface area contributed by atoms with Gasteiger partial charge in [-0.15, -0.1) is 0 Å². The molecule has 3 aliphatic rings. The highest BCUT2D eigenvalue weighted by Crippen LogP contribution is 2.44. The third-order valence-corrected chi connectivity index (χ3v) is 10.2. The zero-order chi connectivity index (χ0) is 26.7. The summed E-state index contributed by atoms with van der Waals surface area (Å²) in [5.74, 6) is 0.436. The number of sulfone groups is 1. The first-order valence-electron chi connectivity index (χ1n) is 13.4. The first kappa shape index (κ1) is 26.9. The number of carbonyl (C=O) groups excluding carboxylic acids is 1. The van der Waals surface area contributed by atoms with Gasteiger partial charge >= 0.3 is 6.09 Å². The molecule has 0 unspecified atom stereocenters. The summed E-state index contributed by atoms with van der Waals surface area (Å²) in [5.41, 5.74) is 1.77. The maximum atomic E-state index is 13.8. The van der Waals surface area contributed by atoms with Gasteiger partial charge in [0.05, 0.1) is 13.7 Å². The maximum absolute atomic E-state index is 13.8. The number of pyridine rings is 1. The summed E-state index contributed by atoms with van der Waals surface area (Å²) in [6.07, 6.45) is 4.36. The molecule has 5 rings (SSSR count). The van der Waals surface area contributed by atoms with E-state index in [1.54, 1.807) is 12.3 Å². The molecule has 10 heteroatoms. The Morgan fingerprint density at radius 3 is 2.68 bits per heavy atom. The normalized spacial score (nSPS) is 25.6. The van der Waals surface area contributed by atoms with Crippen LogP contribution in [0.1, 0.15) is 36.8 Å². The van der Waals surface area contributed by atoms with Crippen LogP contribution in [0.25, 0.3) is 0 Å². The van der Waals surface area contributed by atoms with Gasteiger partial charge in [-0.25, -0.2) is 18.2 Å². The van der Waals surface area contributed by atoms with Crippen molar-refractivity contribution >= 4 is 15.9 Å². The van der Waals surface area contributed by atoms with E-state index in [1.165, 1.54) is 7.11 Å². The molecule has 2 aromatic rings. The summed E-state index contributed by atoms with van der Waals surface area (Å²) < 4.78 is 44.1. The quantitative estimate of drug-likeness (QED) is 0.539. The Morgan fingerprint density at radius 1 is 1.18 bits per heavy atom. The number of fused-ring (bicyclic) bond motifs is 1. The van der Waals surface area contributed by atoms with Crippen molar-refractivity contribution in [2.24, 2.45) is 17.8 Å².